The van der Waals surface area contributed by atoms with E-state index in [0.717, 1.165) is 0 Å². The molecule has 1 aromatic rings. The Morgan fingerprint density at radius 2 is 1.88 bits per heavy atom. The maximum absolute atomic E-state index is 12.4. The Morgan fingerprint density at radius 1 is 1.29 bits per heavy atom. The third-order valence-corrected chi connectivity index (χ3v) is 4.48. The van der Waals surface area contributed by atoms with Gasteiger partial charge in [-0.05, 0) is 49.5 Å². The number of benzene rings is 1. The Labute approximate surface area is 146 Å². The van der Waals surface area contributed by atoms with E-state index in [1.54, 1.807) is 12.1 Å². The third kappa shape index (κ3) is 3.97. The molecule has 24 heavy (non-hydrogen) atoms. The molecule has 1 saturated carbocycles. The van der Waals surface area contributed by atoms with Gasteiger partial charge in [0.25, 0.3) is 5.69 Å². The summed E-state index contributed by atoms with van der Waals surface area (Å²) in [6.45, 7) is 8.16. The van der Waals surface area contributed by atoms with Crippen molar-refractivity contribution in [1.29, 1.82) is 0 Å². The Hall–Kier alpha value is -2.28. The molecule has 2 atom stereocenters. The van der Waals surface area contributed by atoms with Gasteiger partial charge in [0, 0.05) is 17.8 Å². The number of nitrogens with zero attached hydrogens (tertiary/aromatic N) is 1. The number of rotatable bonds is 4. The van der Waals surface area contributed by atoms with Gasteiger partial charge in [0.2, 0.25) is 5.91 Å². The molecule has 6 nitrogen and oxygen atoms in total. The van der Waals surface area contributed by atoms with Crippen LogP contribution in [0.1, 0.15) is 27.7 Å². The average molecular weight is 347 g/mol. The van der Waals surface area contributed by atoms with E-state index in [0.29, 0.717) is 5.69 Å². The number of thiocarbonyl (C=S) groups is 1. The van der Waals surface area contributed by atoms with E-state index in [-0.39, 0.29) is 34.0 Å². The first-order valence-electron chi connectivity index (χ1n) is 7.64. The minimum absolute atomic E-state index is 0.000187. The van der Waals surface area contributed by atoms with E-state index >= 15 is 0 Å². The van der Waals surface area contributed by atoms with Gasteiger partial charge in [0.1, 0.15) is 0 Å². The SMILES string of the molecule is CC(C)=C[C@H]1[C@H](C(=O)NC(=S)Nc2ccc([N+](=O)[O-])cc2)C1(C)C. The van der Waals surface area contributed by atoms with Crippen LogP contribution in [-0.4, -0.2) is 15.9 Å². The highest BCUT2D eigenvalue weighted by Crippen LogP contribution is 2.59. The van der Waals surface area contributed by atoms with Crippen LogP contribution in [0.15, 0.2) is 35.9 Å². The number of nitro groups is 1. The first-order chi connectivity index (χ1) is 11.1. The van der Waals surface area contributed by atoms with Gasteiger partial charge in [-0.15, -0.1) is 0 Å². The van der Waals surface area contributed by atoms with Crippen LogP contribution in [0.5, 0.6) is 0 Å². The number of nitrogens with one attached hydrogen (secondary N) is 2. The topological polar surface area (TPSA) is 84.3 Å². The van der Waals surface area contributed by atoms with Gasteiger partial charge in [-0.1, -0.05) is 25.5 Å². The smallest absolute Gasteiger partial charge is 0.269 e. The van der Waals surface area contributed by atoms with Gasteiger partial charge < -0.3 is 10.6 Å². The number of anilines is 1. The van der Waals surface area contributed by atoms with Gasteiger partial charge >= 0.3 is 0 Å². The molecule has 0 heterocycles. The summed E-state index contributed by atoms with van der Waals surface area (Å²) in [5, 5.41) is 16.4. The molecule has 0 aromatic heterocycles. The number of amides is 1. The van der Waals surface area contributed by atoms with Gasteiger partial charge in [-0.3, -0.25) is 14.9 Å². The first-order valence-corrected chi connectivity index (χ1v) is 8.05. The van der Waals surface area contributed by atoms with Crippen molar-refractivity contribution in [2.24, 2.45) is 17.3 Å². The minimum atomic E-state index is -0.470. The Bertz CT molecular complexity index is 706. The average Bonchev–Trinajstić information content (AvgIpc) is 2.99. The monoisotopic (exact) mass is 347 g/mol. The fraction of sp³-hybridized carbons (Fsp3) is 0.412. The third-order valence-electron chi connectivity index (χ3n) is 4.28. The van der Waals surface area contributed by atoms with Crippen molar-refractivity contribution >= 4 is 34.6 Å². The number of carbonyl (C=O) groups excluding carboxylic acids is 1. The second kappa shape index (κ2) is 6.68. The maximum atomic E-state index is 12.4. The molecule has 0 spiro atoms. The second-order valence-electron chi connectivity index (χ2n) is 6.82. The van der Waals surface area contributed by atoms with Crippen molar-refractivity contribution in [2.75, 3.05) is 5.32 Å². The zero-order chi connectivity index (χ0) is 18.1. The molecule has 7 heteroatoms. The summed E-state index contributed by atoms with van der Waals surface area (Å²) in [6.07, 6.45) is 2.12. The number of hydrogen-bond donors (Lipinski definition) is 2. The fourth-order valence-corrected chi connectivity index (χ4v) is 3.09. The summed E-state index contributed by atoms with van der Waals surface area (Å²) in [6, 6.07) is 5.84. The van der Waals surface area contributed by atoms with Gasteiger partial charge in [-0.2, -0.15) is 0 Å². The maximum Gasteiger partial charge on any atom is 0.269 e. The molecular formula is C17H21N3O3S. The van der Waals surface area contributed by atoms with Crippen molar-refractivity contribution in [1.82, 2.24) is 5.32 Å². The van der Waals surface area contributed by atoms with Crippen molar-refractivity contribution in [3.8, 4) is 0 Å². The summed E-state index contributed by atoms with van der Waals surface area (Å²) in [5.74, 6) is -0.00408. The standard InChI is InChI=1S/C17H21N3O3S/c1-10(2)9-13-14(17(13,3)4)15(21)19-16(24)18-11-5-7-12(8-6-11)20(22)23/h5-9,13-14H,1-4H3,(H2,18,19,21,24)/t13-,14+/m0/s1. The van der Waals surface area contributed by atoms with Crippen LogP contribution < -0.4 is 10.6 Å². The van der Waals surface area contributed by atoms with Crippen LogP contribution in [0.3, 0.4) is 0 Å². The molecule has 0 bridgehead atoms. The number of hydrogen-bond acceptors (Lipinski definition) is 4. The van der Waals surface area contributed by atoms with Crippen LogP contribution in [0.4, 0.5) is 11.4 Å². The first kappa shape index (κ1) is 18.1. The molecule has 1 aliphatic rings. The molecule has 0 aliphatic heterocycles. The zero-order valence-electron chi connectivity index (χ0n) is 14.1. The van der Waals surface area contributed by atoms with Crippen LogP contribution in [-0.2, 0) is 4.79 Å². The van der Waals surface area contributed by atoms with E-state index in [1.807, 2.05) is 13.8 Å². The molecule has 1 aromatic carbocycles. The lowest BCUT2D eigenvalue weighted by atomic mass is 10.1. The van der Waals surface area contributed by atoms with Crippen molar-refractivity contribution in [3.05, 3.63) is 46.0 Å². The number of carbonyl (C=O) groups is 1. The predicted octanol–water partition coefficient (Wildman–Crippen LogP) is 3.65. The summed E-state index contributed by atoms with van der Waals surface area (Å²) < 4.78 is 0. The lowest BCUT2D eigenvalue weighted by Crippen LogP contribution is -2.36. The highest BCUT2D eigenvalue weighted by atomic mass is 32.1. The molecule has 0 radical (unpaired) electrons. The second-order valence-corrected chi connectivity index (χ2v) is 7.22. The zero-order valence-corrected chi connectivity index (χ0v) is 14.9. The lowest BCUT2D eigenvalue weighted by molar-refractivity contribution is -0.384. The lowest BCUT2D eigenvalue weighted by Gasteiger charge is -2.10. The van der Waals surface area contributed by atoms with E-state index in [9.17, 15) is 14.9 Å². The molecule has 1 aliphatic carbocycles. The fourth-order valence-electron chi connectivity index (χ4n) is 2.87. The summed E-state index contributed by atoms with van der Waals surface area (Å²) in [5.41, 5.74) is 1.70. The highest BCUT2D eigenvalue weighted by molar-refractivity contribution is 7.80. The minimum Gasteiger partial charge on any atom is -0.332 e. The van der Waals surface area contributed by atoms with Crippen LogP contribution in [0, 0.1) is 27.4 Å². The Balaban J connectivity index is 1.94. The molecule has 0 unspecified atom stereocenters. The van der Waals surface area contributed by atoms with Crippen molar-refractivity contribution in [3.63, 3.8) is 0 Å². The molecule has 2 rings (SSSR count). The number of allylic oxidation sites excluding steroid dienone is 2. The quantitative estimate of drug-likeness (QED) is 0.376. The molecule has 1 amide bonds. The van der Waals surface area contributed by atoms with Gasteiger partial charge in [0.15, 0.2) is 5.11 Å². The van der Waals surface area contributed by atoms with Gasteiger partial charge in [-0.25, -0.2) is 0 Å². The normalized spacial score (nSPS) is 20.7. The van der Waals surface area contributed by atoms with E-state index in [1.165, 1.54) is 17.7 Å². The van der Waals surface area contributed by atoms with Crippen LogP contribution in [0.25, 0.3) is 0 Å². The predicted molar refractivity (Wildman–Crippen MR) is 97.7 cm³/mol. The molecular weight excluding hydrogens is 326 g/mol. The van der Waals surface area contributed by atoms with E-state index in [2.05, 4.69) is 30.6 Å². The molecule has 2 N–H and O–H groups in total. The van der Waals surface area contributed by atoms with Crippen LogP contribution >= 0.6 is 12.2 Å². The summed E-state index contributed by atoms with van der Waals surface area (Å²) in [4.78, 5) is 22.6. The number of nitro benzene ring substituents is 1. The van der Waals surface area contributed by atoms with Crippen molar-refractivity contribution < 1.29 is 9.72 Å². The summed E-state index contributed by atoms with van der Waals surface area (Å²) in [7, 11) is 0. The largest absolute Gasteiger partial charge is 0.332 e. The molecule has 0 saturated heterocycles. The Morgan fingerprint density at radius 3 is 2.38 bits per heavy atom. The van der Waals surface area contributed by atoms with E-state index in [4.69, 9.17) is 12.2 Å². The van der Waals surface area contributed by atoms with Crippen LogP contribution in [0.2, 0.25) is 0 Å². The number of non-ortho nitro benzene ring substituents is 1. The molecule has 1 fully saturated rings. The van der Waals surface area contributed by atoms with Gasteiger partial charge in [0.05, 0.1) is 10.8 Å². The summed E-state index contributed by atoms with van der Waals surface area (Å²) >= 11 is 5.15. The van der Waals surface area contributed by atoms with E-state index < -0.39 is 4.92 Å². The Kier molecular flexibility index (Phi) is 5.03. The molecule has 128 valence electrons. The highest BCUT2D eigenvalue weighted by Gasteiger charge is 2.60. The van der Waals surface area contributed by atoms with Crippen molar-refractivity contribution in [2.45, 2.75) is 27.7 Å².